The molecule has 0 saturated carbocycles. The normalized spacial score (nSPS) is 12.7. The zero-order chi connectivity index (χ0) is 29.7. The molecule has 1 unspecified atom stereocenters. The van der Waals surface area contributed by atoms with Crippen molar-refractivity contribution in [3.05, 3.63) is 62.2 Å². The minimum absolute atomic E-state index is 0.0767. The molecule has 214 valence electrons. The highest BCUT2D eigenvalue weighted by molar-refractivity contribution is 6.38. The molecule has 1 aromatic heterocycles. The lowest BCUT2D eigenvalue weighted by atomic mass is 10.1. The van der Waals surface area contributed by atoms with Crippen molar-refractivity contribution in [3.8, 4) is 5.75 Å². The zero-order valence-corrected chi connectivity index (χ0v) is 23.7. The van der Waals surface area contributed by atoms with Crippen molar-refractivity contribution in [2.75, 3.05) is 26.3 Å². The van der Waals surface area contributed by atoms with E-state index in [1.54, 1.807) is 34.6 Å². The van der Waals surface area contributed by atoms with Gasteiger partial charge in [-0.05, 0) is 59.7 Å². The van der Waals surface area contributed by atoms with E-state index >= 15 is 0 Å². The minimum atomic E-state index is -1.14. The molecule has 0 saturated heterocycles. The van der Waals surface area contributed by atoms with Crippen LogP contribution in [0.3, 0.4) is 0 Å². The summed E-state index contributed by atoms with van der Waals surface area (Å²) in [6.45, 7) is 9.80. The van der Waals surface area contributed by atoms with Crippen molar-refractivity contribution in [2.24, 2.45) is 5.16 Å². The Hall–Kier alpha value is -4.00. The number of carbonyl (C=O) groups is 2. The van der Waals surface area contributed by atoms with E-state index in [9.17, 15) is 23.6 Å². The van der Waals surface area contributed by atoms with E-state index in [1.165, 1.54) is 45.5 Å². The molecule has 12 nitrogen and oxygen atoms in total. The predicted molar refractivity (Wildman–Crippen MR) is 143 cm³/mol. The molecule has 0 aliphatic carbocycles. The Morgan fingerprint density at radius 2 is 1.82 bits per heavy atom. The maximum Gasteiger partial charge on any atom is 0.350 e. The predicted octanol–water partition coefficient (Wildman–Crippen LogP) is 1.70. The van der Waals surface area contributed by atoms with E-state index < -0.39 is 40.5 Å². The standard InChI is InChI=1S/C26H36FN5O7/c1-15(2)39-29-16(3)19-13-31(14-21(38-9)18-12-17(27)10-11-20(18)37-8)25(36)32(23(19)34)30(7)24(35)22(33)28-26(4,5)6/h10-13,15,21H,14H2,1-9H3,(H,28,33)/b29-16+. The third-order valence-electron chi connectivity index (χ3n) is 5.39. The second kappa shape index (κ2) is 12.7. The Morgan fingerprint density at radius 1 is 1.18 bits per heavy atom. The number of hydrogen-bond donors (Lipinski definition) is 1. The van der Waals surface area contributed by atoms with Crippen LogP contribution in [-0.4, -0.2) is 59.7 Å². The van der Waals surface area contributed by atoms with Gasteiger partial charge in [-0.2, -0.15) is 4.68 Å². The van der Waals surface area contributed by atoms with Gasteiger partial charge in [0.1, 0.15) is 23.8 Å². The van der Waals surface area contributed by atoms with E-state index in [0.29, 0.717) is 21.0 Å². The lowest BCUT2D eigenvalue weighted by molar-refractivity contribution is -0.139. The second-order valence-electron chi connectivity index (χ2n) is 10.1. The first-order valence-corrected chi connectivity index (χ1v) is 12.1. The van der Waals surface area contributed by atoms with E-state index in [-0.39, 0.29) is 23.9 Å². The first-order valence-electron chi connectivity index (χ1n) is 12.1. The monoisotopic (exact) mass is 549 g/mol. The number of oxime groups is 1. The van der Waals surface area contributed by atoms with Gasteiger partial charge in [-0.15, -0.1) is 0 Å². The van der Waals surface area contributed by atoms with Crippen molar-refractivity contribution in [1.82, 2.24) is 14.6 Å². The molecule has 2 amide bonds. The Labute approximate surface area is 225 Å². The van der Waals surface area contributed by atoms with E-state index in [2.05, 4.69) is 10.5 Å². The molecule has 0 fully saturated rings. The molecule has 1 heterocycles. The van der Waals surface area contributed by atoms with Gasteiger partial charge in [-0.25, -0.2) is 14.2 Å². The fourth-order valence-electron chi connectivity index (χ4n) is 3.53. The number of ether oxygens (including phenoxy) is 2. The van der Waals surface area contributed by atoms with Crippen LogP contribution in [0.15, 0.2) is 39.1 Å². The molecule has 0 aliphatic heterocycles. The van der Waals surface area contributed by atoms with E-state index in [4.69, 9.17) is 14.3 Å². The Bertz CT molecular complexity index is 1360. The number of methoxy groups -OCH3 is 2. The summed E-state index contributed by atoms with van der Waals surface area (Å²) in [5.41, 5.74) is -2.23. The third kappa shape index (κ3) is 7.76. The van der Waals surface area contributed by atoms with Gasteiger partial charge in [0, 0.05) is 31.5 Å². The number of likely N-dealkylation sites (N-methyl/N-ethyl adjacent to an activating group) is 1. The number of benzene rings is 1. The van der Waals surface area contributed by atoms with Gasteiger partial charge in [-0.1, -0.05) is 5.16 Å². The van der Waals surface area contributed by atoms with Crippen molar-refractivity contribution in [2.45, 2.75) is 65.8 Å². The second-order valence-corrected chi connectivity index (χ2v) is 10.1. The van der Waals surface area contributed by atoms with Crippen LogP contribution in [0.1, 0.15) is 58.8 Å². The fraction of sp³-hybridized carbons (Fsp3) is 0.500. The molecule has 0 radical (unpaired) electrons. The fourth-order valence-corrected chi connectivity index (χ4v) is 3.53. The number of hydrogen-bond acceptors (Lipinski definition) is 8. The Kier molecular flexibility index (Phi) is 10.2. The molecular formula is C26H36FN5O7. The maximum atomic E-state index is 14.1. The van der Waals surface area contributed by atoms with Crippen LogP contribution in [0.5, 0.6) is 5.75 Å². The molecule has 39 heavy (non-hydrogen) atoms. The van der Waals surface area contributed by atoms with Crippen LogP contribution in [0, 0.1) is 5.82 Å². The number of aromatic nitrogens is 2. The van der Waals surface area contributed by atoms with Crippen LogP contribution in [0.4, 0.5) is 4.39 Å². The van der Waals surface area contributed by atoms with Gasteiger partial charge in [0.2, 0.25) is 0 Å². The average molecular weight is 550 g/mol. The smallest absolute Gasteiger partial charge is 0.350 e. The highest BCUT2D eigenvalue weighted by atomic mass is 19.1. The summed E-state index contributed by atoms with van der Waals surface area (Å²) in [4.78, 5) is 57.7. The molecule has 0 bridgehead atoms. The van der Waals surface area contributed by atoms with Crippen molar-refractivity contribution < 1.29 is 28.3 Å². The summed E-state index contributed by atoms with van der Waals surface area (Å²) < 4.78 is 26.6. The number of nitrogens with one attached hydrogen (secondary N) is 1. The van der Waals surface area contributed by atoms with Crippen LogP contribution in [-0.2, 0) is 25.7 Å². The summed E-state index contributed by atoms with van der Waals surface area (Å²) in [7, 11) is 3.90. The molecule has 1 aromatic carbocycles. The number of rotatable bonds is 9. The highest BCUT2D eigenvalue weighted by Crippen LogP contribution is 2.29. The van der Waals surface area contributed by atoms with Crippen LogP contribution < -0.4 is 26.3 Å². The summed E-state index contributed by atoms with van der Waals surface area (Å²) >= 11 is 0. The van der Waals surface area contributed by atoms with Crippen LogP contribution in [0.2, 0.25) is 0 Å². The van der Waals surface area contributed by atoms with Gasteiger partial charge in [0.15, 0.2) is 0 Å². The van der Waals surface area contributed by atoms with Gasteiger partial charge >= 0.3 is 17.5 Å². The SMILES string of the molecule is COc1ccc(F)cc1C(Cn1cc(/C(C)=N/OC(C)C)c(=O)n(N(C)C(=O)C(=O)NC(C)(C)C)c1=O)OC. The van der Waals surface area contributed by atoms with Crippen molar-refractivity contribution in [3.63, 3.8) is 0 Å². The molecule has 1 atom stereocenters. The maximum absolute atomic E-state index is 14.1. The molecule has 0 aliphatic rings. The van der Waals surface area contributed by atoms with Crippen LogP contribution >= 0.6 is 0 Å². The van der Waals surface area contributed by atoms with Gasteiger partial charge < -0.3 is 19.6 Å². The summed E-state index contributed by atoms with van der Waals surface area (Å²) in [6, 6.07) is 3.86. The average Bonchev–Trinajstić information content (AvgIpc) is 2.85. The first-order chi connectivity index (χ1) is 18.1. The Morgan fingerprint density at radius 3 is 2.36 bits per heavy atom. The lowest BCUT2D eigenvalue weighted by Gasteiger charge is -2.25. The van der Waals surface area contributed by atoms with Gasteiger partial charge in [-0.3, -0.25) is 19.0 Å². The number of nitrogens with zero attached hydrogens (tertiary/aromatic N) is 4. The van der Waals surface area contributed by atoms with E-state index in [0.717, 1.165) is 11.6 Å². The Balaban J connectivity index is 2.72. The third-order valence-corrected chi connectivity index (χ3v) is 5.39. The zero-order valence-electron chi connectivity index (χ0n) is 23.7. The van der Waals surface area contributed by atoms with Crippen LogP contribution in [0.25, 0.3) is 0 Å². The molecule has 2 rings (SSSR count). The minimum Gasteiger partial charge on any atom is -0.496 e. The first kappa shape index (κ1) is 31.2. The van der Waals surface area contributed by atoms with E-state index in [1.807, 2.05) is 0 Å². The summed E-state index contributed by atoms with van der Waals surface area (Å²) in [6.07, 6.45) is 0.0490. The largest absolute Gasteiger partial charge is 0.496 e. The number of carbonyl (C=O) groups excluding carboxylic acids is 2. The molecule has 1 N–H and O–H groups in total. The molecular weight excluding hydrogens is 513 g/mol. The van der Waals surface area contributed by atoms with Gasteiger partial charge in [0.05, 0.1) is 24.9 Å². The number of halogens is 1. The molecule has 0 spiro atoms. The quantitative estimate of drug-likeness (QED) is 0.286. The van der Waals surface area contributed by atoms with Crippen molar-refractivity contribution >= 4 is 17.5 Å². The number of amides is 2. The molecule has 2 aromatic rings. The van der Waals surface area contributed by atoms with Crippen molar-refractivity contribution in [1.29, 1.82) is 0 Å². The summed E-state index contributed by atoms with van der Waals surface area (Å²) in [5.74, 6) is -2.38. The molecule has 13 heteroatoms. The summed E-state index contributed by atoms with van der Waals surface area (Å²) in [5, 5.41) is 7.09. The highest BCUT2D eigenvalue weighted by Gasteiger charge is 2.28. The topological polar surface area (TPSA) is 133 Å². The lowest BCUT2D eigenvalue weighted by Crippen LogP contribution is -2.59. The van der Waals surface area contributed by atoms with Gasteiger partial charge in [0.25, 0.3) is 5.56 Å².